The minimum absolute atomic E-state index is 0.290. The van der Waals surface area contributed by atoms with Gasteiger partial charge in [0.2, 0.25) is 0 Å². The number of fused-ring (bicyclic) bond motifs is 1. The Kier molecular flexibility index (Phi) is 4.29. The fourth-order valence-corrected chi connectivity index (χ4v) is 2.98. The number of hydrogen-bond donors (Lipinski definition) is 0. The molecular weight excluding hydrogens is 281 g/mol. The van der Waals surface area contributed by atoms with Crippen LogP contribution in [0.4, 0.5) is 4.39 Å². The Morgan fingerprint density at radius 3 is 2.91 bits per heavy atom. The van der Waals surface area contributed by atoms with Gasteiger partial charge in [-0.05, 0) is 30.8 Å². The lowest BCUT2D eigenvalue weighted by atomic mass is 9.99. The van der Waals surface area contributed by atoms with Crippen LogP contribution in [0.25, 0.3) is 0 Å². The number of methoxy groups -OCH3 is 1. The van der Waals surface area contributed by atoms with E-state index in [4.69, 9.17) is 9.47 Å². The van der Waals surface area contributed by atoms with Gasteiger partial charge in [-0.1, -0.05) is 24.3 Å². The number of rotatable bonds is 4. The van der Waals surface area contributed by atoms with E-state index in [1.54, 1.807) is 12.1 Å². The monoisotopic (exact) mass is 301 g/mol. The molecule has 4 heteroatoms. The highest BCUT2D eigenvalue weighted by Gasteiger charge is 2.24. The largest absolute Gasteiger partial charge is 0.494 e. The van der Waals surface area contributed by atoms with Gasteiger partial charge in [0.05, 0.1) is 13.7 Å². The summed E-state index contributed by atoms with van der Waals surface area (Å²) in [4.78, 5) is 2.27. The molecule has 0 saturated carbocycles. The number of ether oxygens (including phenoxy) is 2. The van der Waals surface area contributed by atoms with Crippen molar-refractivity contribution in [3.05, 3.63) is 59.4 Å². The second-order valence-electron chi connectivity index (χ2n) is 5.57. The maximum atomic E-state index is 13.5. The van der Waals surface area contributed by atoms with E-state index >= 15 is 0 Å². The molecule has 2 aromatic rings. The van der Waals surface area contributed by atoms with Gasteiger partial charge in [0.1, 0.15) is 5.75 Å². The summed E-state index contributed by atoms with van der Waals surface area (Å²) in [6, 6.07) is 13.5. The van der Waals surface area contributed by atoms with Crippen LogP contribution in [0.15, 0.2) is 42.5 Å². The van der Waals surface area contributed by atoms with E-state index in [1.165, 1.54) is 18.7 Å². The minimum atomic E-state index is -0.328. The van der Waals surface area contributed by atoms with Gasteiger partial charge in [-0.15, -0.1) is 0 Å². The van der Waals surface area contributed by atoms with E-state index < -0.39 is 0 Å². The molecule has 0 aromatic heterocycles. The topological polar surface area (TPSA) is 21.7 Å². The summed E-state index contributed by atoms with van der Waals surface area (Å²) < 4.78 is 24.3. The lowest BCUT2D eigenvalue weighted by Gasteiger charge is -2.33. The van der Waals surface area contributed by atoms with E-state index in [0.29, 0.717) is 11.8 Å². The van der Waals surface area contributed by atoms with Crippen molar-refractivity contribution in [2.24, 2.45) is 0 Å². The molecule has 0 N–H and O–H groups in total. The fourth-order valence-electron chi connectivity index (χ4n) is 2.98. The van der Waals surface area contributed by atoms with Crippen molar-refractivity contribution in [3.8, 4) is 11.5 Å². The normalized spacial score (nSPS) is 17.0. The average Bonchev–Trinajstić information content (AvgIpc) is 2.56. The van der Waals surface area contributed by atoms with Crippen LogP contribution in [-0.2, 0) is 6.54 Å². The third-order valence-electron chi connectivity index (χ3n) is 4.11. The molecule has 0 spiro atoms. The van der Waals surface area contributed by atoms with Gasteiger partial charge in [0, 0.05) is 24.6 Å². The van der Waals surface area contributed by atoms with E-state index in [1.807, 2.05) is 18.2 Å². The van der Waals surface area contributed by atoms with Crippen LogP contribution < -0.4 is 9.47 Å². The summed E-state index contributed by atoms with van der Waals surface area (Å²) >= 11 is 0. The van der Waals surface area contributed by atoms with Crippen molar-refractivity contribution < 1.29 is 13.9 Å². The molecule has 0 radical (unpaired) electrons. The predicted octanol–water partition coefficient (Wildman–Crippen LogP) is 3.79. The number of nitrogens with zero attached hydrogens (tertiary/aromatic N) is 1. The van der Waals surface area contributed by atoms with E-state index in [2.05, 4.69) is 18.0 Å². The Bertz CT molecular complexity index is 659. The SMILES string of the molecule is COc1cc(CN(C)C2CCOc3ccccc32)ccc1F. The average molecular weight is 301 g/mol. The molecule has 0 fully saturated rings. The van der Waals surface area contributed by atoms with Crippen LogP contribution in [0.3, 0.4) is 0 Å². The van der Waals surface area contributed by atoms with Gasteiger partial charge >= 0.3 is 0 Å². The zero-order chi connectivity index (χ0) is 15.5. The molecule has 1 aliphatic heterocycles. The maximum Gasteiger partial charge on any atom is 0.165 e. The molecule has 116 valence electrons. The van der Waals surface area contributed by atoms with Gasteiger partial charge in [-0.25, -0.2) is 4.39 Å². The lowest BCUT2D eigenvalue weighted by Crippen LogP contribution is -2.29. The van der Waals surface area contributed by atoms with Gasteiger partial charge in [-0.2, -0.15) is 0 Å². The number of halogens is 1. The van der Waals surface area contributed by atoms with E-state index in [-0.39, 0.29) is 5.82 Å². The summed E-state index contributed by atoms with van der Waals surface area (Å²) in [5.74, 6) is 0.922. The third-order valence-corrected chi connectivity index (χ3v) is 4.11. The quantitative estimate of drug-likeness (QED) is 0.857. The second-order valence-corrected chi connectivity index (χ2v) is 5.57. The maximum absolute atomic E-state index is 13.5. The molecule has 1 unspecified atom stereocenters. The smallest absolute Gasteiger partial charge is 0.165 e. The lowest BCUT2D eigenvalue weighted by molar-refractivity contribution is 0.160. The predicted molar refractivity (Wildman–Crippen MR) is 83.7 cm³/mol. The number of hydrogen-bond acceptors (Lipinski definition) is 3. The van der Waals surface area contributed by atoms with Crippen molar-refractivity contribution >= 4 is 0 Å². The first-order valence-corrected chi connectivity index (χ1v) is 7.43. The first kappa shape index (κ1) is 14.9. The third kappa shape index (κ3) is 2.92. The highest BCUT2D eigenvalue weighted by molar-refractivity contribution is 5.37. The molecule has 3 rings (SSSR count). The molecular formula is C18H20FNO2. The van der Waals surface area contributed by atoms with Crippen LogP contribution in [0.1, 0.15) is 23.6 Å². The highest BCUT2D eigenvalue weighted by Crippen LogP contribution is 2.35. The second kappa shape index (κ2) is 6.36. The highest BCUT2D eigenvalue weighted by atomic mass is 19.1. The molecule has 0 aliphatic carbocycles. The summed E-state index contributed by atoms with van der Waals surface area (Å²) in [6.45, 7) is 1.45. The van der Waals surface area contributed by atoms with E-state index in [0.717, 1.165) is 30.9 Å². The zero-order valence-corrected chi connectivity index (χ0v) is 12.9. The summed E-state index contributed by atoms with van der Waals surface area (Å²) in [7, 11) is 3.57. The van der Waals surface area contributed by atoms with Gasteiger partial charge in [0.15, 0.2) is 11.6 Å². The fraction of sp³-hybridized carbons (Fsp3) is 0.333. The van der Waals surface area contributed by atoms with Gasteiger partial charge < -0.3 is 9.47 Å². The number of benzene rings is 2. The van der Waals surface area contributed by atoms with Crippen LogP contribution in [-0.4, -0.2) is 25.7 Å². The molecule has 0 saturated heterocycles. The van der Waals surface area contributed by atoms with Crippen molar-refractivity contribution in [2.45, 2.75) is 19.0 Å². The van der Waals surface area contributed by atoms with Crippen molar-refractivity contribution in [1.82, 2.24) is 4.90 Å². The molecule has 1 aliphatic rings. The van der Waals surface area contributed by atoms with Gasteiger partial charge in [-0.3, -0.25) is 4.90 Å². The van der Waals surface area contributed by atoms with Crippen LogP contribution in [0.2, 0.25) is 0 Å². The zero-order valence-electron chi connectivity index (χ0n) is 12.9. The number of para-hydroxylation sites is 1. The molecule has 22 heavy (non-hydrogen) atoms. The Hall–Kier alpha value is -2.07. The summed E-state index contributed by atoms with van der Waals surface area (Å²) in [5.41, 5.74) is 2.25. The Balaban J connectivity index is 1.79. The minimum Gasteiger partial charge on any atom is -0.494 e. The van der Waals surface area contributed by atoms with Crippen molar-refractivity contribution in [2.75, 3.05) is 20.8 Å². The summed E-state index contributed by atoms with van der Waals surface area (Å²) in [6.07, 6.45) is 0.950. The first-order chi connectivity index (χ1) is 10.7. The van der Waals surface area contributed by atoms with Crippen LogP contribution in [0, 0.1) is 5.82 Å². The molecule has 1 heterocycles. The van der Waals surface area contributed by atoms with E-state index in [9.17, 15) is 4.39 Å². The Labute approximate surface area is 130 Å². The van der Waals surface area contributed by atoms with Crippen LogP contribution in [0.5, 0.6) is 11.5 Å². The van der Waals surface area contributed by atoms with Crippen LogP contribution >= 0.6 is 0 Å². The van der Waals surface area contributed by atoms with Gasteiger partial charge in [0.25, 0.3) is 0 Å². The molecule has 0 bridgehead atoms. The van der Waals surface area contributed by atoms with Crippen molar-refractivity contribution in [3.63, 3.8) is 0 Å². The standard InChI is InChI=1S/C18H20FNO2/c1-20(12-13-7-8-15(19)18(11-13)21-2)16-9-10-22-17-6-4-3-5-14(16)17/h3-8,11,16H,9-10,12H2,1-2H3. The summed E-state index contributed by atoms with van der Waals surface area (Å²) in [5, 5.41) is 0. The molecule has 1 atom stereocenters. The molecule has 3 nitrogen and oxygen atoms in total. The first-order valence-electron chi connectivity index (χ1n) is 7.43. The Morgan fingerprint density at radius 1 is 1.27 bits per heavy atom. The molecule has 0 amide bonds. The van der Waals surface area contributed by atoms with Crippen molar-refractivity contribution in [1.29, 1.82) is 0 Å². The Morgan fingerprint density at radius 2 is 2.09 bits per heavy atom. The molecule has 2 aromatic carbocycles.